The summed E-state index contributed by atoms with van der Waals surface area (Å²) in [6.07, 6.45) is 1.39. The van der Waals surface area contributed by atoms with Crippen LogP contribution in [0.2, 0.25) is 0 Å². The molecule has 4 heteroatoms. The summed E-state index contributed by atoms with van der Waals surface area (Å²) >= 11 is 0. The molecule has 0 unspecified atom stereocenters. The van der Waals surface area contributed by atoms with Gasteiger partial charge in [-0.1, -0.05) is 0 Å². The highest BCUT2D eigenvalue weighted by Crippen LogP contribution is 2.83. The van der Waals surface area contributed by atoms with Gasteiger partial charge in [-0.3, -0.25) is 0 Å². The zero-order valence-corrected chi connectivity index (χ0v) is 7.85. The Morgan fingerprint density at radius 3 is 1.56 bits per heavy atom. The van der Waals surface area contributed by atoms with Crippen molar-refractivity contribution in [3.8, 4) is 0 Å². The van der Waals surface area contributed by atoms with E-state index in [2.05, 4.69) is 0 Å². The van der Waals surface area contributed by atoms with Crippen LogP contribution < -0.4 is 0 Å². The van der Waals surface area contributed by atoms with Gasteiger partial charge in [-0.05, 0) is 13.8 Å². The van der Waals surface area contributed by atoms with Crippen molar-refractivity contribution in [1.82, 2.24) is 0 Å². The van der Waals surface area contributed by atoms with Crippen LogP contribution in [-0.4, -0.2) is 19.0 Å². The standard InChI is InChI=1S/C5H13F2P2/c1-4-9(3,5-2)8(6)7/h4-5H2,1-3H3/q+1. The zero-order valence-electron chi connectivity index (χ0n) is 6.06. The van der Waals surface area contributed by atoms with Crippen molar-refractivity contribution in [2.24, 2.45) is 0 Å². The van der Waals surface area contributed by atoms with E-state index in [4.69, 9.17) is 0 Å². The zero-order chi connectivity index (χ0) is 7.49. The molecule has 0 spiro atoms. The van der Waals surface area contributed by atoms with Crippen LogP contribution in [0.15, 0.2) is 0 Å². The molecule has 0 atom stereocenters. The van der Waals surface area contributed by atoms with Gasteiger partial charge in [0.15, 0.2) is 0 Å². The van der Waals surface area contributed by atoms with Gasteiger partial charge in [-0.25, -0.2) is 0 Å². The summed E-state index contributed by atoms with van der Waals surface area (Å²) in [6, 6.07) is 0. The first-order valence-corrected chi connectivity index (χ1v) is 7.47. The molecule has 0 heterocycles. The maximum Gasteiger partial charge on any atom is 0.427 e. The van der Waals surface area contributed by atoms with Crippen molar-refractivity contribution in [3.05, 3.63) is 0 Å². The van der Waals surface area contributed by atoms with E-state index in [0.29, 0.717) is 12.3 Å². The van der Waals surface area contributed by atoms with Crippen LogP contribution in [0.5, 0.6) is 0 Å². The lowest BCUT2D eigenvalue weighted by Crippen LogP contribution is -1.90. The second kappa shape index (κ2) is 3.78. The molecule has 0 bridgehead atoms. The van der Waals surface area contributed by atoms with Crippen LogP contribution in [0.25, 0.3) is 0 Å². The van der Waals surface area contributed by atoms with E-state index >= 15 is 0 Å². The Morgan fingerprint density at radius 2 is 1.56 bits per heavy atom. The Morgan fingerprint density at radius 1 is 1.22 bits per heavy atom. The molecule has 56 valence electrons. The quantitative estimate of drug-likeness (QED) is 0.568. The summed E-state index contributed by atoms with van der Waals surface area (Å²) in [5.41, 5.74) is 0. The lowest BCUT2D eigenvalue weighted by atomic mass is 11.0. The Balaban J connectivity index is 3.92. The van der Waals surface area contributed by atoms with Crippen LogP contribution in [0.3, 0.4) is 0 Å². The molecule has 0 aromatic carbocycles. The average molecular weight is 173 g/mol. The highest BCUT2D eigenvalue weighted by molar-refractivity contribution is 8.34. The fourth-order valence-corrected chi connectivity index (χ4v) is 2.60. The van der Waals surface area contributed by atoms with Gasteiger partial charge in [-0.15, -0.1) is 8.39 Å². The lowest BCUT2D eigenvalue weighted by Gasteiger charge is -2.14. The smallest absolute Gasteiger partial charge is 0.146 e. The molecule has 0 radical (unpaired) electrons. The van der Waals surface area contributed by atoms with Crippen LogP contribution >= 0.6 is 15.2 Å². The van der Waals surface area contributed by atoms with Gasteiger partial charge in [0.05, 0.1) is 25.9 Å². The maximum absolute atomic E-state index is 12.2. The summed E-state index contributed by atoms with van der Waals surface area (Å²) in [4.78, 5) is 0. The van der Waals surface area contributed by atoms with Gasteiger partial charge < -0.3 is 0 Å². The van der Waals surface area contributed by atoms with E-state index in [0.717, 1.165) is 0 Å². The van der Waals surface area contributed by atoms with Crippen LogP contribution in [0.4, 0.5) is 8.39 Å². The van der Waals surface area contributed by atoms with Gasteiger partial charge in [-0.2, -0.15) is 0 Å². The van der Waals surface area contributed by atoms with E-state index in [1.807, 2.05) is 13.8 Å². The summed E-state index contributed by atoms with van der Waals surface area (Å²) < 4.78 is 24.4. The second-order valence-corrected chi connectivity index (χ2v) is 10.4. The Bertz CT molecular complexity index is 81.0. The SMILES string of the molecule is CC[P+](C)(CC)P(F)F. The predicted molar refractivity (Wildman–Crippen MR) is 43.1 cm³/mol. The average Bonchev–Trinajstić information content (AvgIpc) is 1.86. The van der Waals surface area contributed by atoms with E-state index in [9.17, 15) is 8.39 Å². The van der Waals surface area contributed by atoms with Crippen molar-refractivity contribution in [2.45, 2.75) is 13.8 Å². The first-order valence-electron chi connectivity index (χ1n) is 3.03. The molecule has 0 saturated carbocycles. The second-order valence-electron chi connectivity index (χ2n) is 2.19. The molecule has 9 heavy (non-hydrogen) atoms. The number of hydrogen-bond acceptors (Lipinski definition) is 0. The monoisotopic (exact) mass is 173 g/mol. The van der Waals surface area contributed by atoms with Crippen molar-refractivity contribution in [1.29, 1.82) is 0 Å². The molecule has 0 fully saturated rings. The number of hydrogen-bond donors (Lipinski definition) is 0. The molecule has 0 nitrogen and oxygen atoms in total. The van der Waals surface area contributed by atoms with Crippen molar-refractivity contribution >= 4 is 15.2 Å². The van der Waals surface area contributed by atoms with Crippen molar-refractivity contribution in [3.63, 3.8) is 0 Å². The minimum atomic E-state index is -2.64. The molecule has 0 aromatic rings. The topological polar surface area (TPSA) is 0 Å². The summed E-state index contributed by atoms with van der Waals surface area (Å²) in [5.74, 6) is 0. The molecule has 0 aliphatic heterocycles. The first kappa shape index (κ1) is 9.72. The molecule has 0 amide bonds. The van der Waals surface area contributed by atoms with Crippen LogP contribution in [-0.2, 0) is 0 Å². The fourth-order valence-electron chi connectivity index (χ4n) is 0.437. The van der Waals surface area contributed by atoms with E-state index in [1.54, 1.807) is 6.66 Å². The Kier molecular flexibility index (Phi) is 4.09. The van der Waals surface area contributed by atoms with Gasteiger partial charge in [0.2, 0.25) is 0 Å². The number of halogens is 2. The third-order valence-electron chi connectivity index (χ3n) is 1.73. The van der Waals surface area contributed by atoms with Gasteiger partial charge >= 0.3 is 8.23 Å². The maximum atomic E-state index is 12.2. The van der Waals surface area contributed by atoms with Gasteiger partial charge in [0, 0.05) is 0 Å². The highest BCUT2D eigenvalue weighted by Gasteiger charge is 2.41. The lowest BCUT2D eigenvalue weighted by molar-refractivity contribution is 0.771. The van der Waals surface area contributed by atoms with Crippen molar-refractivity contribution < 1.29 is 8.39 Å². The molecular formula is C5H13F2P2+. The molecule has 0 aromatic heterocycles. The Labute approximate surface area is 57.3 Å². The molecule has 0 aliphatic carbocycles. The third kappa shape index (κ3) is 2.43. The molecular weight excluding hydrogens is 160 g/mol. The first-order chi connectivity index (χ1) is 4.06. The fraction of sp³-hybridized carbons (Fsp3) is 1.00. The van der Waals surface area contributed by atoms with Gasteiger partial charge in [0.1, 0.15) is 0 Å². The van der Waals surface area contributed by atoms with Crippen molar-refractivity contribution in [2.75, 3.05) is 19.0 Å². The minimum absolute atomic E-state index is 0.697. The predicted octanol–water partition coefficient (Wildman–Crippen LogP) is 3.84. The van der Waals surface area contributed by atoms with E-state index in [1.165, 1.54) is 0 Å². The highest BCUT2D eigenvalue weighted by atomic mass is 32.1. The van der Waals surface area contributed by atoms with Crippen LogP contribution in [0.1, 0.15) is 13.8 Å². The summed E-state index contributed by atoms with van der Waals surface area (Å²) in [5, 5.41) is 0. The summed E-state index contributed by atoms with van der Waals surface area (Å²) in [6.45, 7) is 3.72. The Hall–Kier alpha value is 0.720. The molecule has 0 saturated heterocycles. The molecule has 0 aliphatic rings. The molecule has 0 rings (SSSR count). The van der Waals surface area contributed by atoms with Gasteiger partial charge in [0.25, 0.3) is 0 Å². The molecule has 0 N–H and O–H groups in total. The number of rotatable bonds is 3. The minimum Gasteiger partial charge on any atom is -0.146 e. The van der Waals surface area contributed by atoms with E-state index in [-0.39, 0.29) is 0 Å². The summed E-state index contributed by atoms with van der Waals surface area (Å²) in [7, 11) is -2.64. The largest absolute Gasteiger partial charge is 0.427 e. The van der Waals surface area contributed by atoms with E-state index < -0.39 is 15.2 Å². The van der Waals surface area contributed by atoms with Crippen LogP contribution in [0, 0.1) is 0 Å². The normalized spacial score (nSPS) is 12.7. The third-order valence-corrected chi connectivity index (χ3v) is 9.07.